The van der Waals surface area contributed by atoms with E-state index < -0.39 is 0 Å². The van der Waals surface area contributed by atoms with Crippen molar-refractivity contribution in [1.29, 1.82) is 5.41 Å². The lowest BCUT2D eigenvalue weighted by Crippen LogP contribution is -2.29. The van der Waals surface area contributed by atoms with Gasteiger partial charge in [0.1, 0.15) is 11.7 Å². The Hall–Kier alpha value is -1.03. The summed E-state index contributed by atoms with van der Waals surface area (Å²) < 4.78 is 13.1. The van der Waals surface area contributed by atoms with E-state index >= 15 is 0 Å². The van der Waals surface area contributed by atoms with Gasteiger partial charge in [0.25, 0.3) is 0 Å². The summed E-state index contributed by atoms with van der Waals surface area (Å²) in [5.74, 6) is 3.39. The third-order valence-electron chi connectivity index (χ3n) is 3.51. The fourth-order valence-electron chi connectivity index (χ4n) is 2.56. The highest BCUT2D eigenvalue weighted by Gasteiger charge is 2.27. The SMILES string of the molecule is N=C1c2cc(F)ccc2CN1CC1CCSC1. The molecule has 4 heteroatoms. The molecule has 0 spiro atoms. The molecule has 1 atom stereocenters. The first kappa shape index (κ1) is 11.1. The fourth-order valence-corrected chi connectivity index (χ4v) is 3.83. The molecule has 0 saturated carbocycles. The largest absolute Gasteiger partial charge is 0.352 e. The van der Waals surface area contributed by atoms with E-state index in [4.69, 9.17) is 5.41 Å². The summed E-state index contributed by atoms with van der Waals surface area (Å²) in [4.78, 5) is 2.08. The predicted octanol–water partition coefficient (Wildman–Crippen LogP) is 2.72. The summed E-state index contributed by atoms with van der Waals surface area (Å²) in [6.07, 6.45) is 1.25. The third-order valence-corrected chi connectivity index (χ3v) is 4.74. The molecule has 0 radical (unpaired) electrons. The Bertz CT molecular complexity index is 455. The second-order valence-electron chi connectivity index (χ2n) is 4.76. The van der Waals surface area contributed by atoms with Gasteiger partial charge in [-0.3, -0.25) is 5.41 Å². The van der Waals surface area contributed by atoms with Crippen LogP contribution < -0.4 is 0 Å². The molecule has 1 N–H and O–H groups in total. The van der Waals surface area contributed by atoms with E-state index in [0.29, 0.717) is 11.8 Å². The third kappa shape index (κ3) is 2.06. The van der Waals surface area contributed by atoms with Crippen molar-refractivity contribution in [2.75, 3.05) is 18.1 Å². The van der Waals surface area contributed by atoms with E-state index in [-0.39, 0.29) is 5.82 Å². The van der Waals surface area contributed by atoms with E-state index in [1.54, 1.807) is 0 Å². The lowest BCUT2D eigenvalue weighted by molar-refractivity contribution is 0.360. The maximum Gasteiger partial charge on any atom is 0.128 e. The Morgan fingerprint density at radius 3 is 3.12 bits per heavy atom. The van der Waals surface area contributed by atoms with Crippen LogP contribution in [0.15, 0.2) is 18.2 Å². The number of hydrogen-bond acceptors (Lipinski definition) is 2. The van der Waals surface area contributed by atoms with Crippen molar-refractivity contribution in [3.63, 3.8) is 0 Å². The van der Waals surface area contributed by atoms with Crippen LogP contribution in [0.25, 0.3) is 0 Å². The molecule has 3 rings (SSSR count). The van der Waals surface area contributed by atoms with Crippen LogP contribution in [0.2, 0.25) is 0 Å². The van der Waals surface area contributed by atoms with Gasteiger partial charge in [0.15, 0.2) is 0 Å². The Labute approximate surface area is 105 Å². The van der Waals surface area contributed by atoms with Crippen molar-refractivity contribution in [2.24, 2.45) is 5.92 Å². The van der Waals surface area contributed by atoms with Crippen molar-refractivity contribution >= 4 is 17.6 Å². The minimum atomic E-state index is -0.244. The number of rotatable bonds is 2. The number of nitrogens with one attached hydrogen (secondary N) is 1. The predicted molar refractivity (Wildman–Crippen MR) is 69.1 cm³/mol. The first-order valence-corrected chi connectivity index (χ1v) is 7.09. The summed E-state index contributed by atoms with van der Waals surface area (Å²) >= 11 is 2.00. The molecule has 1 unspecified atom stereocenters. The van der Waals surface area contributed by atoms with Crippen LogP contribution in [0, 0.1) is 17.1 Å². The maximum atomic E-state index is 13.1. The molecule has 1 aromatic carbocycles. The second kappa shape index (κ2) is 4.33. The van der Waals surface area contributed by atoms with Crippen molar-refractivity contribution in [2.45, 2.75) is 13.0 Å². The number of fused-ring (bicyclic) bond motifs is 1. The summed E-state index contributed by atoms with van der Waals surface area (Å²) in [6.45, 7) is 1.72. The highest BCUT2D eigenvalue weighted by Crippen LogP contribution is 2.29. The number of benzene rings is 1. The summed E-state index contributed by atoms with van der Waals surface area (Å²) in [5, 5.41) is 8.10. The average molecular weight is 250 g/mol. The molecule has 2 aliphatic rings. The van der Waals surface area contributed by atoms with Crippen LogP contribution in [0.3, 0.4) is 0 Å². The first-order valence-electron chi connectivity index (χ1n) is 5.94. The normalized spacial score (nSPS) is 23.2. The summed E-state index contributed by atoms with van der Waals surface area (Å²) in [5.41, 5.74) is 1.86. The molecule has 2 aliphatic heterocycles. The average Bonchev–Trinajstić information content (AvgIpc) is 2.91. The molecular formula is C13H15FN2S. The minimum absolute atomic E-state index is 0.244. The first-order chi connectivity index (χ1) is 8.24. The van der Waals surface area contributed by atoms with Crippen molar-refractivity contribution < 1.29 is 4.39 Å². The van der Waals surface area contributed by atoms with Gasteiger partial charge in [-0.1, -0.05) is 6.07 Å². The number of nitrogens with zero attached hydrogens (tertiary/aromatic N) is 1. The van der Waals surface area contributed by atoms with Gasteiger partial charge in [0.2, 0.25) is 0 Å². The van der Waals surface area contributed by atoms with Crippen LogP contribution in [-0.4, -0.2) is 28.8 Å². The molecule has 2 heterocycles. The smallest absolute Gasteiger partial charge is 0.128 e. The quantitative estimate of drug-likeness (QED) is 0.873. The van der Waals surface area contributed by atoms with Crippen LogP contribution in [0.1, 0.15) is 17.5 Å². The van der Waals surface area contributed by atoms with Gasteiger partial charge in [0.05, 0.1) is 0 Å². The molecule has 0 aromatic heterocycles. The molecule has 0 aliphatic carbocycles. The summed E-state index contributed by atoms with van der Waals surface area (Å²) in [7, 11) is 0. The molecule has 1 fully saturated rings. The maximum absolute atomic E-state index is 13.1. The standard InChI is InChI=1S/C13H15FN2S/c14-11-2-1-10-7-16(13(15)12(10)5-11)6-9-3-4-17-8-9/h1-2,5,9,15H,3-4,6-8H2. The monoisotopic (exact) mass is 250 g/mol. The molecule has 0 bridgehead atoms. The van der Waals surface area contributed by atoms with E-state index in [0.717, 1.165) is 24.2 Å². The Balaban J connectivity index is 1.76. The lowest BCUT2D eigenvalue weighted by atomic mass is 10.1. The second-order valence-corrected chi connectivity index (χ2v) is 5.91. The van der Waals surface area contributed by atoms with Crippen LogP contribution >= 0.6 is 11.8 Å². The zero-order valence-electron chi connectivity index (χ0n) is 9.58. The minimum Gasteiger partial charge on any atom is -0.352 e. The molecule has 1 aromatic rings. The van der Waals surface area contributed by atoms with Crippen LogP contribution in [0.4, 0.5) is 4.39 Å². The van der Waals surface area contributed by atoms with Gasteiger partial charge >= 0.3 is 0 Å². The molecule has 0 amide bonds. The summed E-state index contributed by atoms with van der Waals surface area (Å²) in [6, 6.07) is 4.78. The van der Waals surface area contributed by atoms with Crippen molar-refractivity contribution in [1.82, 2.24) is 4.90 Å². The van der Waals surface area contributed by atoms with E-state index in [1.165, 1.54) is 30.1 Å². The van der Waals surface area contributed by atoms with Gasteiger partial charge < -0.3 is 4.90 Å². The highest BCUT2D eigenvalue weighted by atomic mass is 32.2. The van der Waals surface area contributed by atoms with Gasteiger partial charge in [-0.25, -0.2) is 4.39 Å². The zero-order valence-corrected chi connectivity index (χ0v) is 10.4. The fraction of sp³-hybridized carbons (Fsp3) is 0.462. The number of thioether (sulfide) groups is 1. The van der Waals surface area contributed by atoms with Gasteiger partial charge in [-0.15, -0.1) is 0 Å². The van der Waals surface area contributed by atoms with E-state index in [9.17, 15) is 4.39 Å². The topological polar surface area (TPSA) is 27.1 Å². The number of hydrogen-bond donors (Lipinski definition) is 1. The van der Waals surface area contributed by atoms with Gasteiger partial charge in [0, 0.05) is 18.7 Å². The van der Waals surface area contributed by atoms with E-state index in [2.05, 4.69) is 4.90 Å². The molecule has 2 nitrogen and oxygen atoms in total. The van der Waals surface area contributed by atoms with Crippen LogP contribution in [0.5, 0.6) is 0 Å². The Morgan fingerprint density at radius 2 is 2.35 bits per heavy atom. The molecule has 17 heavy (non-hydrogen) atoms. The highest BCUT2D eigenvalue weighted by molar-refractivity contribution is 7.99. The van der Waals surface area contributed by atoms with Gasteiger partial charge in [-0.2, -0.15) is 11.8 Å². The molecular weight excluding hydrogens is 235 g/mol. The lowest BCUT2D eigenvalue weighted by Gasteiger charge is -2.21. The molecule has 90 valence electrons. The van der Waals surface area contributed by atoms with Gasteiger partial charge in [-0.05, 0) is 41.5 Å². The number of amidine groups is 1. The Kier molecular flexibility index (Phi) is 2.82. The van der Waals surface area contributed by atoms with Crippen molar-refractivity contribution in [3.8, 4) is 0 Å². The Morgan fingerprint density at radius 1 is 1.47 bits per heavy atom. The zero-order chi connectivity index (χ0) is 11.8. The van der Waals surface area contributed by atoms with Crippen LogP contribution in [-0.2, 0) is 6.54 Å². The van der Waals surface area contributed by atoms with Crippen molar-refractivity contribution in [3.05, 3.63) is 35.1 Å². The number of halogens is 1. The van der Waals surface area contributed by atoms with E-state index in [1.807, 2.05) is 17.8 Å². The molecule has 1 saturated heterocycles.